The van der Waals surface area contributed by atoms with Gasteiger partial charge in [0.15, 0.2) is 0 Å². The molecule has 2 aromatic rings. The van der Waals surface area contributed by atoms with Crippen LogP contribution in [0.4, 0.5) is 0 Å². The Morgan fingerprint density at radius 3 is 2.59 bits per heavy atom. The average Bonchev–Trinajstić information content (AvgIpc) is 2.89. The highest BCUT2D eigenvalue weighted by atomic mass is 16.5. The van der Waals surface area contributed by atoms with E-state index in [1.807, 2.05) is 47.4 Å². The molecule has 1 N–H and O–H groups in total. The summed E-state index contributed by atoms with van der Waals surface area (Å²) < 4.78 is 11.3. The van der Waals surface area contributed by atoms with E-state index in [-0.39, 0.29) is 17.9 Å². The second-order valence-electron chi connectivity index (χ2n) is 8.78. The van der Waals surface area contributed by atoms with E-state index >= 15 is 0 Å². The first kappa shape index (κ1) is 24.2. The first-order chi connectivity index (χ1) is 16.5. The van der Waals surface area contributed by atoms with Crippen molar-refractivity contribution in [1.82, 2.24) is 20.0 Å². The van der Waals surface area contributed by atoms with Crippen LogP contribution < -0.4 is 10.1 Å². The van der Waals surface area contributed by atoms with Gasteiger partial charge in [0.25, 0.3) is 11.8 Å². The summed E-state index contributed by atoms with van der Waals surface area (Å²) in [6.45, 7) is 6.80. The van der Waals surface area contributed by atoms with E-state index in [0.29, 0.717) is 36.6 Å². The maximum atomic E-state index is 13.3. The molecule has 34 heavy (non-hydrogen) atoms. The number of hydrogen-bond acceptors (Lipinski definition) is 6. The molecule has 0 aliphatic carbocycles. The van der Waals surface area contributed by atoms with E-state index in [4.69, 9.17) is 9.47 Å². The van der Waals surface area contributed by atoms with Crippen LogP contribution in [0.2, 0.25) is 0 Å². The van der Waals surface area contributed by atoms with Gasteiger partial charge < -0.3 is 19.7 Å². The third-order valence-corrected chi connectivity index (χ3v) is 6.56. The third-order valence-electron chi connectivity index (χ3n) is 6.56. The summed E-state index contributed by atoms with van der Waals surface area (Å²) in [4.78, 5) is 31.9. The van der Waals surface area contributed by atoms with Crippen molar-refractivity contribution in [1.29, 1.82) is 0 Å². The third kappa shape index (κ3) is 5.94. The standard InChI is InChI=1S/C26H34N4O4/c1-27-25(31)21-6-3-5-20(17-21)24-19-30(10-9-28(24)2)26(32)22-7-4-8-23(18-22)34-16-13-29-11-14-33-15-12-29/h3-8,17-18,24H,9-16,19H2,1-2H3,(H,27,31)/t24-/m0/s1. The molecule has 0 bridgehead atoms. The Labute approximate surface area is 201 Å². The van der Waals surface area contributed by atoms with Crippen LogP contribution in [0, 0.1) is 0 Å². The normalized spacial score (nSPS) is 19.6. The van der Waals surface area contributed by atoms with Crippen LogP contribution >= 0.6 is 0 Å². The lowest BCUT2D eigenvalue weighted by Crippen LogP contribution is -2.49. The molecule has 2 fully saturated rings. The van der Waals surface area contributed by atoms with Crippen LogP contribution in [-0.2, 0) is 4.74 Å². The molecule has 2 saturated heterocycles. The fourth-order valence-electron chi connectivity index (χ4n) is 4.47. The second kappa shape index (κ2) is 11.5. The van der Waals surface area contributed by atoms with Crippen molar-refractivity contribution in [3.8, 4) is 5.75 Å². The van der Waals surface area contributed by atoms with Gasteiger partial charge in [0.2, 0.25) is 0 Å². The summed E-state index contributed by atoms with van der Waals surface area (Å²) in [6, 6.07) is 15.1. The lowest BCUT2D eigenvalue weighted by molar-refractivity contribution is 0.0322. The predicted octanol–water partition coefficient (Wildman–Crippen LogP) is 1.89. The highest BCUT2D eigenvalue weighted by Crippen LogP contribution is 2.26. The molecule has 8 nitrogen and oxygen atoms in total. The number of morpholine rings is 1. The SMILES string of the molecule is CNC(=O)c1cccc([C@@H]2CN(C(=O)c3cccc(OCCN4CCOCC4)c3)CCN2C)c1. The molecule has 8 heteroatoms. The number of nitrogens with one attached hydrogen (secondary N) is 1. The van der Waals surface area contributed by atoms with Crippen molar-refractivity contribution in [3.63, 3.8) is 0 Å². The van der Waals surface area contributed by atoms with Gasteiger partial charge >= 0.3 is 0 Å². The molecule has 2 heterocycles. The van der Waals surface area contributed by atoms with E-state index in [9.17, 15) is 9.59 Å². The van der Waals surface area contributed by atoms with Crippen molar-refractivity contribution in [2.45, 2.75) is 6.04 Å². The molecular formula is C26H34N4O4. The number of hydrogen-bond donors (Lipinski definition) is 1. The second-order valence-corrected chi connectivity index (χ2v) is 8.78. The number of benzene rings is 2. The zero-order chi connectivity index (χ0) is 23.9. The minimum absolute atomic E-state index is 0.000755. The van der Waals surface area contributed by atoms with Crippen molar-refractivity contribution >= 4 is 11.8 Å². The minimum atomic E-state index is -0.112. The Morgan fingerprint density at radius 2 is 1.79 bits per heavy atom. The van der Waals surface area contributed by atoms with E-state index in [1.54, 1.807) is 13.1 Å². The largest absolute Gasteiger partial charge is 0.492 e. The molecule has 2 amide bonds. The van der Waals surface area contributed by atoms with E-state index in [1.165, 1.54) is 0 Å². The Bertz CT molecular complexity index is 992. The van der Waals surface area contributed by atoms with Gasteiger partial charge in [-0.15, -0.1) is 0 Å². The zero-order valence-electron chi connectivity index (χ0n) is 20.0. The van der Waals surface area contributed by atoms with Gasteiger partial charge in [-0.3, -0.25) is 19.4 Å². The quantitative estimate of drug-likeness (QED) is 0.672. The number of likely N-dealkylation sites (N-methyl/N-ethyl adjacent to an activating group) is 1. The zero-order valence-corrected chi connectivity index (χ0v) is 20.0. The van der Waals surface area contributed by atoms with Crippen molar-refractivity contribution < 1.29 is 19.1 Å². The highest BCUT2D eigenvalue weighted by molar-refractivity contribution is 5.95. The van der Waals surface area contributed by atoms with Crippen LogP contribution in [0.25, 0.3) is 0 Å². The average molecular weight is 467 g/mol. The Hall–Kier alpha value is -2.94. The topological polar surface area (TPSA) is 74.3 Å². The molecule has 4 rings (SSSR count). The van der Waals surface area contributed by atoms with Gasteiger partial charge in [0, 0.05) is 57.4 Å². The molecule has 0 saturated carbocycles. The maximum absolute atomic E-state index is 13.3. The molecule has 182 valence electrons. The van der Waals surface area contributed by atoms with Crippen molar-refractivity contribution in [3.05, 3.63) is 65.2 Å². The van der Waals surface area contributed by atoms with Gasteiger partial charge in [-0.25, -0.2) is 0 Å². The van der Waals surface area contributed by atoms with Crippen LogP contribution in [0.3, 0.4) is 0 Å². The lowest BCUT2D eigenvalue weighted by Gasteiger charge is -2.40. The van der Waals surface area contributed by atoms with E-state index in [0.717, 1.165) is 45.0 Å². The molecule has 0 radical (unpaired) electrons. The maximum Gasteiger partial charge on any atom is 0.254 e. The fourth-order valence-corrected chi connectivity index (χ4v) is 4.47. The summed E-state index contributed by atoms with van der Waals surface area (Å²) >= 11 is 0. The summed E-state index contributed by atoms with van der Waals surface area (Å²) in [5.74, 6) is 0.598. The van der Waals surface area contributed by atoms with Gasteiger partial charge in [-0.1, -0.05) is 18.2 Å². The van der Waals surface area contributed by atoms with Gasteiger partial charge in [0.05, 0.1) is 19.3 Å². The van der Waals surface area contributed by atoms with Crippen LogP contribution in [0.15, 0.2) is 48.5 Å². The molecule has 2 aliphatic rings. The van der Waals surface area contributed by atoms with Crippen molar-refractivity contribution in [2.75, 3.05) is 73.2 Å². The number of ether oxygens (including phenoxy) is 2. The van der Waals surface area contributed by atoms with Crippen LogP contribution in [0.5, 0.6) is 5.75 Å². The van der Waals surface area contributed by atoms with Crippen molar-refractivity contribution in [2.24, 2.45) is 0 Å². The van der Waals surface area contributed by atoms with E-state index < -0.39 is 0 Å². The number of carbonyl (C=O) groups is 2. The Kier molecular flexibility index (Phi) is 8.16. The summed E-state index contributed by atoms with van der Waals surface area (Å²) in [7, 11) is 3.69. The molecule has 0 aromatic heterocycles. The summed E-state index contributed by atoms with van der Waals surface area (Å²) in [6.07, 6.45) is 0. The van der Waals surface area contributed by atoms with Crippen LogP contribution in [0.1, 0.15) is 32.3 Å². The number of rotatable bonds is 7. The van der Waals surface area contributed by atoms with Crippen LogP contribution in [-0.4, -0.2) is 99.7 Å². The minimum Gasteiger partial charge on any atom is -0.492 e. The Balaban J connectivity index is 1.39. The summed E-state index contributed by atoms with van der Waals surface area (Å²) in [5, 5.41) is 2.67. The number of carbonyl (C=O) groups excluding carboxylic acids is 2. The first-order valence-electron chi connectivity index (χ1n) is 11.9. The van der Waals surface area contributed by atoms with Gasteiger partial charge in [-0.2, -0.15) is 0 Å². The molecule has 2 aliphatic heterocycles. The van der Waals surface area contributed by atoms with Gasteiger partial charge in [-0.05, 0) is 42.9 Å². The molecule has 0 unspecified atom stereocenters. The number of piperazine rings is 1. The monoisotopic (exact) mass is 466 g/mol. The first-order valence-corrected chi connectivity index (χ1v) is 11.9. The molecule has 0 spiro atoms. The molecule has 2 aromatic carbocycles. The molecule has 1 atom stereocenters. The predicted molar refractivity (Wildman–Crippen MR) is 130 cm³/mol. The summed E-state index contributed by atoms with van der Waals surface area (Å²) in [5.41, 5.74) is 2.28. The lowest BCUT2D eigenvalue weighted by atomic mass is 9.99. The molecular weight excluding hydrogens is 432 g/mol. The number of nitrogens with zero attached hydrogens (tertiary/aromatic N) is 3. The van der Waals surface area contributed by atoms with Gasteiger partial charge in [0.1, 0.15) is 12.4 Å². The Morgan fingerprint density at radius 1 is 1.03 bits per heavy atom. The fraction of sp³-hybridized carbons (Fsp3) is 0.462. The van der Waals surface area contributed by atoms with E-state index in [2.05, 4.69) is 22.2 Å². The number of amides is 2. The smallest absolute Gasteiger partial charge is 0.254 e. The highest BCUT2D eigenvalue weighted by Gasteiger charge is 2.29.